The first-order valence-corrected chi connectivity index (χ1v) is 5.03. The van der Waals surface area contributed by atoms with E-state index in [1.165, 1.54) is 0 Å². The Labute approximate surface area is 83.8 Å². The predicted molar refractivity (Wildman–Crippen MR) is 49.6 cm³/mol. The minimum Gasteiger partial charge on any atom is -0.392 e. The summed E-state index contributed by atoms with van der Waals surface area (Å²) in [5.41, 5.74) is -0.294. The molecule has 0 aromatic rings. The van der Waals surface area contributed by atoms with Crippen LogP contribution in [0, 0.1) is 11.3 Å². The fourth-order valence-corrected chi connectivity index (χ4v) is 2.62. The van der Waals surface area contributed by atoms with Crippen molar-refractivity contribution in [2.24, 2.45) is 11.3 Å². The largest absolute Gasteiger partial charge is 0.392 e. The van der Waals surface area contributed by atoms with Crippen LogP contribution in [-0.4, -0.2) is 41.9 Å². The number of aliphatic hydroxyl groups excluding tert-OH is 2. The van der Waals surface area contributed by atoms with Crippen molar-refractivity contribution < 1.29 is 19.7 Å². The number of aliphatic hydroxyl groups is 2. The van der Waals surface area contributed by atoms with Gasteiger partial charge in [-0.25, -0.2) is 0 Å². The molecule has 0 amide bonds. The maximum Gasteiger partial charge on any atom is 0.161 e. The van der Waals surface area contributed by atoms with Gasteiger partial charge in [0.2, 0.25) is 0 Å². The van der Waals surface area contributed by atoms with Gasteiger partial charge in [0, 0.05) is 24.9 Å². The standard InChI is InChI=1S/C10H18O4/c1-10(2)6(11)4-5(13-3)8-7(10)9(12)14-8/h5-9,11-12H,4H2,1-3H3. The van der Waals surface area contributed by atoms with Gasteiger partial charge >= 0.3 is 0 Å². The second kappa shape index (κ2) is 3.17. The van der Waals surface area contributed by atoms with Gasteiger partial charge in [0.05, 0.1) is 18.3 Å². The molecule has 1 heterocycles. The molecule has 5 unspecified atom stereocenters. The lowest BCUT2D eigenvalue weighted by Crippen LogP contribution is -2.67. The van der Waals surface area contributed by atoms with Gasteiger partial charge in [0.25, 0.3) is 0 Å². The van der Waals surface area contributed by atoms with Crippen LogP contribution >= 0.6 is 0 Å². The summed E-state index contributed by atoms with van der Waals surface area (Å²) in [5.74, 6) is -0.0174. The highest BCUT2D eigenvalue weighted by molar-refractivity contribution is 5.04. The number of rotatable bonds is 1. The second-order valence-electron chi connectivity index (χ2n) is 4.86. The number of ether oxygens (including phenoxy) is 2. The minimum absolute atomic E-state index is 0.0174. The van der Waals surface area contributed by atoms with E-state index in [4.69, 9.17) is 9.47 Å². The van der Waals surface area contributed by atoms with Crippen molar-refractivity contribution in [1.29, 1.82) is 0 Å². The molecule has 1 aliphatic heterocycles. The van der Waals surface area contributed by atoms with Crippen LogP contribution in [0.15, 0.2) is 0 Å². The van der Waals surface area contributed by atoms with E-state index in [0.717, 1.165) is 0 Å². The van der Waals surface area contributed by atoms with Crippen LogP contribution in [0.1, 0.15) is 20.3 Å². The third kappa shape index (κ3) is 1.21. The van der Waals surface area contributed by atoms with Crippen LogP contribution in [0.2, 0.25) is 0 Å². The van der Waals surface area contributed by atoms with Gasteiger partial charge in [-0.3, -0.25) is 0 Å². The first-order valence-electron chi connectivity index (χ1n) is 5.03. The summed E-state index contributed by atoms with van der Waals surface area (Å²) >= 11 is 0. The Morgan fingerprint density at radius 2 is 2.00 bits per heavy atom. The van der Waals surface area contributed by atoms with Gasteiger partial charge in [0.15, 0.2) is 6.29 Å². The SMILES string of the molecule is COC1CC(O)C(C)(C)C2C(O)OC12. The molecular weight excluding hydrogens is 184 g/mol. The zero-order chi connectivity index (χ0) is 10.5. The highest BCUT2D eigenvalue weighted by atomic mass is 16.7. The molecule has 2 aliphatic rings. The third-order valence-corrected chi connectivity index (χ3v) is 3.80. The average molecular weight is 202 g/mol. The van der Waals surface area contributed by atoms with Crippen molar-refractivity contribution in [3.63, 3.8) is 0 Å². The monoisotopic (exact) mass is 202 g/mol. The zero-order valence-electron chi connectivity index (χ0n) is 8.80. The fraction of sp³-hybridized carbons (Fsp3) is 1.00. The molecule has 0 spiro atoms. The highest BCUT2D eigenvalue weighted by Gasteiger charge is 2.59. The summed E-state index contributed by atoms with van der Waals surface area (Å²) in [7, 11) is 1.61. The van der Waals surface area contributed by atoms with Gasteiger partial charge in [-0.1, -0.05) is 13.8 Å². The Bertz CT molecular complexity index is 228. The molecule has 2 fully saturated rings. The molecule has 0 bridgehead atoms. The number of hydrogen-bond acceptors (Lipinski definition) is 4. The Hall–Kier alpha value is -0.160. The minimum atomic E-state index is -0.748. The molecule has 0 aromatic carbocycles. The van der Waals surface area contributed by atoms with E-state index in [-0.39, 0.29) is 23.5 Å². The lowest BCUT2D eigenvalue weighted by molar-refractivity contribution is -0.358. The summed E-state index contributed by atoms with van der Waals surface area (Å²) in [6.45, 7) is 3.93. The van der Waals surface area contributed by atoms with Crippen molar-refractivity contribution in [3.05, 3.63) is 0 Å². The number of methoxy groups -OCH3 is 1. The molecule has 5 atom stereocenters. The van der Waals surface area contributed by atoms with Crippen LogP contribution in [0.4, 0.5) is 0 Å². The number of hydrogen-bond donors (Lipinski definition) is 2. The first-order chi connectivity index (χ1) is 6.48. The van der Waals surface area contributed by atoms with Crippen LogP contribution in [0.5, 0.6) is 0 Å². The molecule has 0 radical (unpaired) electrons. The van der Waals surface area contributed by atoms with Crippen LogP contribution < -0.4 is 0 Å². The Balaban J connectivity index is 2.19. The summed E-state index contributed by atoms with van der Waals surface area (Å²) in [6, 6.07) is 0. The molecule has 1 saturated heterocycles. The zero-order valence-corrected chi connectivity index (χ0v) is 8.80. The van der Waals surface area contributed by atoms with E-state index in [1.54, 1.807) is 7.11 Å². The predicted octanol–water partition coefficient (Wildman–Crippen LogP) is 0.126. The van der Waals surface area contributed by atoms with E-state index in [1.807, 2.05) is 13.8 Å². The molecule has 0 aromatic heterocycles. The summed E-state index contributed by atoms with van der Waals surface area (Å²) in [4.78, 5) is 0. The lowest BCUT2D eigenvalue weighted by Gasteiger charge is -2.57. The maximum absolute atomic E-state index is 9.93. The smallest absolute Gasteiger partial charge is 0.161 e. The van der Waals surface area contributed by atoms with E-state index in [0.29, 0.717) is 6.42 Å². The highest BCUT2D eigenvalue weighted by Crippen LogP contribution is 2.50. The lowest BCUT2D eigenvalue weighted by atomic mass is 9.62. The molecule has 14 heavy (non-hydrogen) atoms. The van der Waals surface area contributed by atoms with Gasteiger partial charge in [0.1, 0.15) is 0 Å². The molecule has 2 rings (SSSR count). The van der Waals surface area contributed by atoms with E-state index >= 15 is 0 Å². The molecular formula is C10H18O4. The van der Waals surface area contributed by atoms with Crippen molar-refractivity contribution in [2.45, 2.75) is 44.9 Å². The van der Waals surface area contributed by atoms with Crippen LogP contribution in [0.25, 0.3) is 0 Å². The Kier molecular flexibility index (Phi) is 2.34. The van der Waals surface area contributed by atoms with E-state index in [2.05, 4.69) is 0 Å². The number of fused-ring (bicyclic) bond motifs is 1. The van der Waals surface area contributed by atoms with Crippen LogP contribution in [0.3, 0.4) is 0 Å². The first kappa shape index (κ1) is 10.4. The van der Waals surface area contributed by atoms with Gasteiger partial charge < -0.3 is 19.7 Å². The topological polar surface area (TPSA) is 58.9 Å². The van der Waals surface area contributed by atoms with Crippen molar-refractivity contribution in [3.8, 4) is 0 Å². The van der Waals surface area contributed by atoms with Gasteiger partial charge in [-0.2, -0.15) is 0 Å². The van der Waals surface area contributed by atoms with Gasteiger partial charge in [-0.15, -0.1) is 0 Å². The van der Waals surface area contributed by atoms with Crippen molar-refractivity contribution >= 4 is 0 Å². The maximum atomic E-state index is 9.93. The van der Waals surface area contributed by atoms with Crippen molar-refractivity contribution in [1.82, 2.24) is 0 Å². The summed E-state index contributed by atoms with van der Waals surface area (Å²) < 4.78 is 10.5. The van der Waals surface area contributed by atoms with Crippen LogP contribution in [-0.2, 0) is 9.47 Å². The molecule has 82 valence electrons. The molecule has 1 aliphatic carbocycles. The average Bonchev–Trinajstić information content (AvgIpc) is 2.07. The Morgan fingerprint density at radius 1 is 1.36 bits per heavy atom. The normalized spacial score (nSPS) is 50.8. The fourth-order valence-electron chi connectivity index (χ4n) is 2.62. The summed E-state index contributed by atoms with van der Waals surface area (Å²) in [5, 5.41) is 19.5. The third-order valence-electron chi connectivity index (χ3n) is 3.80. The van der Waals surface area contributed by atoms with E-state index < -0.39 is 12.4 Å². The molecule has 4 heteroatoms. The quantitative estimate of drug-likeness (QED) is 0.634. The van der Waals surface area contributed by atoms with Crippen molar-refractivity contribution in [2.75, 3.05) is 7.11 Å². The Morgan fingerprint density at radius 3 is 2.50 bits per heavy atom. The van der Waals surface area contributed by atoms with Gasteiger partial charge in [-0.05, 0) is 0 Å². The second-order valence-corrected chi connectivity index (χ2v) is 4.86. The summed E-state index contributed by atoms with van der Waals surface area (Å²) in [6.07, 6.45) is -0.758. The van der Waals surface area contributed by atoms with E-state index in [9.17, 15) is 10.2 Å². The molecule has 2 N–H and O–H groups in total. The molecule has 1 saturated carbocycles. The molecule has 4 nitrogen and oxygen atoms in total.